The summed E-state index contributed by atoms with van der Waals surface area (Å²) >= 11 is 0. The maximum absolute atomic E-state index is 9.12. The lowest BCUT2D eigenvalue weighted by Crippen LogP contribution is -2.51. The molecule has 1 rings (SSSR count). The number of rotatable bonds is 4. The van der Waals surface area contributed by atoms with Gasteiger partial charge < -0.3 is 10.4 Å². The first-order chi connectivity index (χ1) is 6.24. The molecule has 1 fully saturated rings. The smallest absolute Gasteiger partial charge is 0.0867 e. The fourth-order valence-electron chi connectivity index (χ4n) is 1.68. The van der Waals surface area contributed by atoms with Gasteiger partial charge in [-0.2, -0.15) is 0 Å². The Labute approximate surface area is 79.7 Å². The maximum atomic E-state index is 9.12. The molecule has 1 atom stereocenters. The summed E-state index contributed by atoms with van der Waals surface area (Å²) in [7, 11) is 0. The Morgan fingerprint density at radius 2 is 2.46 bits per heavy atom. The van der Waals surface area contributed by atoms with Crippen molar-refractivity contribution in [3.05, 3.63) is 25.0 Å². The van der Waals surface area contributed by atoms with Crippen LogP contribution in [0.2, 0.25) is 0 Å². The lowest BCUT2D eigenvalue weighted by Gasteiger charge is -2.35. The fourth-order valence-corrected chi connectivity index (χ4v) is 1.68. The second-order valence-electron chi connectivity index (χ2n) is 3.41. The van der Waals surface area contributed by atoms with Crippen LogP contribution in [0.15, 0.2) is 25.0 Å². The van der Waals surface area contributed by atoms with Crippen LogP contribution in [0.1, 0.15) is 6.42 Å². The molecular weight excluding hydrogens is 164 g/mol. The van der Waals surface area contributed by atoms with E-state index in [2.05, 4.69) is 23.4 Å². The van der Waals surface area contributed by atoms with Crippen molar-refractivity contribution in [2.45, 2.75) is 12.5 Å². The molecule has 2 N–H and O–H groups in total. The number of nitrogens with zero attached hydrogens (tertiary/aromatic N) is 1. The molecule has 0 radical (unpaired) electrons. The van der Waals surface area contributed by atoms with Crippen molar-refractivity contribution >= 4 is 0 Å². The third-order valence-corrected chi connectivity index (χ3v) is 2.31. The number of piperazine rings is 1. The van der Waals surface area contributed by atoms with Gasteiger partial charge in [0.1, 0.15) is 0 Å². The first kappa shape index (κ1) is 10.3. The zero-order valence-corrected chi connectivity index (χ0v) is 8.00. The Bertz CT molecular complexity index is 191. The monoisotopic (exact) mass is 182 g/mol. The molecule has 0 bridgehead atoms. The highest BCUT2D eigenvalue weighted by atomic mass is 16.3. The molecular formula is C10H18N2O. The van der Waals surface area contributed by atoms with Gasteiger partial charge in [-0.3, -0.25) is 4.90 Å². The van der Waals surface area contributed by atoms with Crippen molar-refractivity contribution in [3.8, 4) is 0 Å². The zero-order chi connectivity index (χ0) is 9.68. The van der Waals surface area contributed by atoms with E-state index in [1.54, 1.807) is 0 Å². The molecule has 1 unspecified atom stereocenters. The Balaban J connectivity index is 2.45. The summed E-state index contributed by atoms with van der Waals surface area (Å²) in [6.45, 7) is 11.1. The van der Waals surface area contributed by atoms with Gasteiger partial charge in [0.25, 0.3) is 0 Å². The minimum absolute atomic E-state index is 0.266. The third kappa shape index (κ3) is 3.20. The van der Waals surface area contributed by atoms with Gasteiger partial charge in [0.2, 0.25) is 0 Å². The average Bonchev–Trinajstić information content (AvgIpc) is 2.08. The summed E-state index contributed by atoms with van der Waals surface area (Å²) in [5.74, 6) is 0.266. The standard InChI is InChI=1S/C10H18N2O/c1-3-5-12-6-4-11-8-10(12)7-9(2)13/h3,10-11,13H,1-2,4-8H2. The van der Waals surface area contributed by atoms with Gasteiger partial charge in [-0.25, -0.2) is 0 Å². The Morgan fingerprint density at radius 3 is 3.08 bits per heavy atom. The van der Waals surface area contributed by atoms with E-state index < -0.39 is 0 Å². The Morgan fingerprint density at radius 1 is 1.69 bits per heavy atom. The van der Waals surface area contributed by atoms with Crippen molar-refractivity contribution in [1.82, 2.24) is 10.2 Å². The van der Waals surface area contributed by atoms with Crippen molar-refractivity contribution in [3.63, 3.8) is 0 Å². The predicted molar refractivity (Wildman–Crippen MR) is 54.8 cm³/mol. The number of nitrogens with one attached hydrogen (secondary N) is 1. The van der Waals surface area contributed by atoms with Gasteiger partial charge in [-0.1, -0.05) is 12.7 Å². The minimum atomic E-state index is 0.266. The van der Waals surface area contributed by atoms with Gasteiger partial charge in [0.15, 0.2) is 0 Å². The van der Waals surface area contributed by atoms with Crippen LogP contribution < -0.4 is 5.32 Å². The van der Waals surface area contributed by atoms with Crippen LogP contribution in [0.5, 0.6) is 0 Å². The largest absolute Gasteiger partial charge is 0.513 e. The number of aliphatic hydroxyl groups excluding tert-OH is 1. The topological polar surface area (TPSA) is 35.5 Å². The second kappa shape index (κ2) is 5.04. The summed E-state index contributed by atoms with van der Waals surface area (Å²) in [6, 6.07) is 0.365. The molecule has 1 saturated heterocycles. The molecule has 1 heterocycles. The number of hydrogen-bond acceptors (Lipinski definition) is 3. The van der Waals surface area contributed by atoms with Gasteiger partial charge in [0.05, 0.1) is 5.76 Å². The molecule has 0 aliphatic carbocycles. The molecule has 13 heavy (non-hydrogen) atoms. The van der Waals surface area contributed by atoms with Crippen molar-refractivity contribution in [2.24, 2.45) is 0 Å². The van der Waals surface area contributed by atoms with Gasteiger partial charge in [0, 0.05) is 38.6 Å². The molecule has 0 amide bonds. The third-order valence-electron chi connectivity index (χ3n) is 2.31. The van der Waals surface area contributed by atoms with Crippen LogP contribution in [-0.4, -0.2) is 42.2 Å². The molecule has 0 aromatic rings. The summed E-state index contributed by atoms with van der Waals surface area (Å²) in [5, 5.41) is 12.4. The summed E-state index contributed by atoms with van der Waals surface area (Å²) < 4.78 is 0. The summed E-state index contributed by atoms with van der Waals surface area (Å²) in [6.07, 6.45) is 2.55. The van der Waals surface area contributed by atoms with E-state index in [-0.39, 0.29) is 5.76 Å². The highest BCUT2D eigenvalue weighted by Crippen LogP contribution is 2.10. The lowest BCUT2D eigenvalue weighted by molar-refractivity contribution is 0.165. The second-order valence-corrected chi connectivity index (χ2v) is 3.41. The first-order valence-electron chi connectivity index (χ1n) is 4.66. The quantitative estimate of drug-likeness (QED) is 0.501. The van der Waals surface area contributed by atoms with Gasteiger partial charge in [-0.15, -0.1) is 6.58 Å². The zero-order valence-electron chi connectivity index (χ0n) is 8.00. The van der Waals surface area contributed by atoms with Crippen LogP contribution in [-0.2, 0) is 0 Å². The average molecular weight is 182 g/mol. The molecule has 3 heteroatoms. The van der Waals surface area contributed by atoms with E-state index in [0.717, 1.165) is 26.2 Å². The van der Waals surface area contributed by atoms with E-state index in [9.17, 15) is 0 Å². The van der Waals surface area contributed by atoms with E-state index in [1.807, 2.05) is 6.08 Å². The molecule has 0 saturated carbocycles. The normalized spacial score (nSPS) is 24.2. The van der Waals surface area contributed by atoms with Crippen LogP contribution >= 0.6 is 0 Å². The van der Waals surface area contributed by atoms with Crippen molar-refractivity contribution in [2.75, 3.05) is 26.2 Å². The molecule has 1 aliphatic heterocycles. The van der Waals surface area contributed by atoms with Crippen LogP contribution in [0.3, 0.4) is 0 Å². The molecule has 0 aromatic carbocycles. The van der Waals surface area contributed by atoms with Crippen LogP contribution in [0.25, 0.3) is 0 Å². The SMILES string of the molecule is C=CCN1CCNCC1CC(=C)O. The van der Waals surface area contributed by atoms with Gasteiger partial charge >= 0.3 is 0 Å². The lowest BCUT2D eigenvalue weighted by atomic mass is 10.1. The van der Waals surface area contributed by atoms with E-state index >= 15 is 0 Å². The molecule has 0 spiro atoms. The summed E-state index contributed by atoms with van der Waals surface area (Å²) in [4.78, 5) is 2.31. The molecule has 3 nitrogen and oxygen atoms in total. The van der Waals surface area contributed by atoms with Crippen molar-refractivity contribution in [1.29, 1.82) is 0 Å². The highest BCUT2D eigenvalue weighted by molar-refractivity contribution is 4.92. The molecule has 74 valence electrons. The first-order valence-corrected chi connectivity index (χ1v) is 4.66. The van der Waals surface area contributed by atoms with Gasteiger partial charge in [-0.05, 0) is 0 Å². The van der Waals surface area contributed by atoms with E-state index in [0.29, 0.717) is 12.5 Å². The highest BCUT2D eigenvalue weighted by Gasteiger charge is 2.21. The maximum Gasteiger partial charge on any atom is 0.0867 e. The number of aliphatic hydroxyl groups is 1. The van der Waals surface area contributed by atoms with E-state index in [4.69, 9.17) is 5.11 Å². The predicted octanol–water partition coefficient (Wildman–Crippen LogP) is 0.908. The summed E-state index contributed by atoms with van der Waals surface area (Å²) in [5.41, 5.74) is 0. The molecule has 0 aromatic heterocycles. The van der Waals surface area contributed by atoms with Crippen molar-refractivity contribution < 1.29 is 5.11 Å². The van der Waals surface area contributed by atoms with Crippen LogP contribution in [0, 0.1) is 0 Å². The Kier molecular flexibility index (Phi) is 3.99. The molecule has 1 aliphatic rings. The Hall–Kier alpha value is -0.800. The van der Waals surface area contributed by atoms with Crippen LogP contribution in [0.4, 0.5) is 0 Å². The minimum Gasteiger partial charge on any atom is -0.513 e. The fraction of sp³-hybridized carbons (Fsp3) is 0.600. The number of hydrogen-bond donors (Lipinski definition) is 2. The van der Waals surface area contributed by atoms with E-state index in [1.165, 1.54) is 0 Å².